The number of aryl methyl sites for hydroxylation is 1. The molecule has 1 unspecified atom stereocenters. The lowest BCUT2D eigenvalue weighted by Gasteiger charge is -2.19. The topological polar surface area (TPSA) is 111 Å². The number of rotatable bonds is 6. The molecule has 172 valence electrons. The van der Waals surface area contributed by atoms with Crippen molar-refractivity contribution >= 4 is 5.91 Å². The zero-order valence-corrected chi connectivity index (χ0v) is 18.7. The van der Waals surface area contributed by atoms with E-state index in [1.54, 1.807) is 25.1 Å². The Kier molecular flexibility index (Phi) is 5.60. The van der Waals surface area contributed by atoms with Crippen LogP contribution >= 0.6 is 0 Å². The van der Waals surface area contributed by atoms with Gasteiger partial charge in [0.15, 0.2) is 0 Å². The summed E-state index contributed by atoms with van der Waals surface area (Å²) >= 11 is 0. The number of amides is 1. The van der Waals surface area contributed by atoms with Crippen molar-refractivity contribution in [3.8, 4) is 6.07 Å². The Morgan fingerprint density at radius 2 is 2.09 bits per heavy atom. The van der Waals surface area contributed by atoms with Crippen LogP contribution in [-0.4, -0.2) is 21.0 Å². The number of hydrogen-bond donors (Lipinski definition) is 3. The van der Waals surface area contributed by atoms with Crippen molar-refractivity contribution < 1.29 is 14.3 Å². The predicted molar refractivity (Wildman–Crippen MR) is 122 cm³/mol. The molecule has 1 saturated carbocycles. The first-order chi connectivity index (χ1) is 16.4. The maximum atomic E-state index is 13.4. The SMILES string of the molecule is Cc1cc(CNC(=O)c2cc(C(O)N[C@H]3CC4(CC4)c4cc(C#N)ccc43)ncn2)ccc1F. The number of fused-ring (bicyclic) bond motifs is 2. The first kappa shape index (κ1) is 22.1. The van der Waals surface area contributed by atoms with Crippen LogP contribution in [0.2, 0.25) is 0 Å². The molecular formula is C26H24FN5O2. The Labute approximate surface area is 196 Å². The van der Waals surface area contributed by atoms with Crippen LogP contribution in [0.4, 0.5) is 4.39 Å². The number of nitriles is 1. The van der Waals surface area contributed by atoms with E-state index >= 15 is 0 Å². The molecule has 8 heteroatoms. The van der Waals surface area contributed by atoms with Crippen molar-refractivity contribution in [1.29, 1.82) is 5.26 Å². The molecule has 3 aromatic rings. The second-order valence-electron chi connectivity index (χ2n) is 9.11. The number of aliphatic hydroxyl groups is 1. The average Bonchev–Trinajstić information content (AvgIpc) is 3.57. The number of nitrogens with one attached hydrogen (secondary N) is 2. The van der Waals surface area contributed by atoms with Crippen LogP contribution in [0.3, 0.4) is 0 Å². The lowest BCUT2D eigenvalue weighted by molar-refractivity contribution is 0.0943. The smallest absolute Gasteiger partial charge is 0.270 e. The van der Waals surface area contributed by atoms with Crippen LogP contribution in [-0.2, 0) is 12.0 Å². The quantitative estimate of drug-likeness (QED) is 0.489. The van der Waals surface area contributed by atoms with Gasteiger partial charge in [-0.2, -0.15) is 5.26 Å². The Bertz CT molecular complexity index is 1310. The molecule has 5 rings (SSSR count). The number of carbonyl (C=O) groups excluding carboxylic acids is 1. The van der Waals surface area contributed by atoms with Crippen LogP contribution in [0, 0.1) is 24.1 Å². The molecule has 34 heavy (non-hydrogen) atoms. The van der Waals surface area contributed by atoms with E-state index in [-0.39, 0.29) is 29.5 Å². The zero-order valence-electron chi connectivity index (χ0n) is 18.7. The molecule has 1 aromatic heterocycles. The molecule has 0 saturated heterocycles. The van der Waals surface area contributed by atoms with Crippen molar-refractivity contribution in [2.45, 2.75) is 50.4 Å². The fourth-order valence-corrected chi connectivity index (χ4v) is 4.78. The highest BCUT2D eigenvalue weighted by atomic mass is 19.1. The third kappa shape index (κ3) is 4.16. The molecule has 3 N–H and O–H groups in total. The van der Waals surface area contributed by atoms with Crippen molar-refractivity contribution in [2.75, 3.05) is 0 Å². The summed E-state index contributed by atoms with van der Waals surface area (Å²) in [5, 5.41) is 26.1. The van der Waals surface area contributed by atoms with Crippen LogP contribution in [0.15, 0.2) is 48.8 Å². The number of halogens is 1. The lowest BCUT2D eigenvalue weighted by Crippen LogP contribution is -2.28. The first-order valence-corrected chi connectivity index (χ1v) is 11.2. The number of hydrogen-bond acceptors (Lipinski definition) is 6. The standard InChI is InChI=1S/C26H24FN5O2/c1-15-8-17(3-5-20(15)27)13-29-24(33)21-10-22(31-14-30-21)25(34)32-23-11-26(6-7-26)19-9-16(12-28)2-4-18(19)23/h2-5,8-10,14,23,25,32,34H,6-7,11,13H2,1H3,(H,29,33)/t23-,25?/m0/s1. The van der Waals surface area contributed by atoms with Crippen molar-refractivity contribution in [2.24, 2.45) is 0 Å². The van der Waals surface area contributed by atoms with E-state index in [0.717, 1.165) is 30.4 Å². The number of benzene rings is 2. The van der Waals surface area contributed by atoms with Gasteiger partial charge in [-0.25, -0.2) is 14.4 Å². The number of nitrogens with zero attached hydrogens (tertiary/aromatic N) is 3. The maximum Gasteiger partial charge on any atom is 0.270 e. The van der Waals surface area contributed by atoms with Crippen LogP contribution in [0.5, 0.6) is 0 Å². The van der Waals surface area contributed by atoms with Gasteiger partial charge in [0.1, 0.15) is 24.1 Å². The monoisotopic (exact) mass is 457 g/mol. The summed E-state index contributed by atoms with van der Waals surface area (Å²) in [5.74, 6) is -0.704. The van der Waals surface area contributed by atoms with Crippen molar-refractivity contribution in [1.82, 2.24) is 20.6 Å². The fourth-order valence-electron chi connectivity index (χ4n) is 4.78. The van der Waals surface area contributed by atoms with Gasteiger partial charge in [-0.15, -0.1) is 0 Å². The molecule has 1 amide bonds. The van der Waals surface area contributed by atoms with Gasteiger partial charge in [-0.3, -0.25) is 10.1 Å². The Balaban J connectivity index is 1.27. The third-order valence-corrected chi connectivity index (χ3v) is 6.81. The van der Waals surface area contributed by atoms with Gasteiger partial charge in [0.2, 0.25) is 0 Å². The summed E-state index contributed by atoms with van der Waals surface area (Å²) in [4.78, 5) is 20.8. The van der Waals surface area contributed by atoms with E-state index in [1.165, 1.54) is 24.0 Å². The van der Waals surface area contributed by atoms with Crippen molar-refractivity contribution in [3.05, 3.63) is 93.8 Å². The average molecular weight is 458 g/mol. The molecule has 1 fully saturated rings. The normalized spacial score (nSPS) is 18.2. The van der Waals surface area contributed by atoms with Gasteiger partial charge >= 0.3 is 0 Å². The highest BCUT2D eigenvalue weighted by Gasteiger charge is 2.52. The number of aromatic nitrogens is 2. The number of carbonyl (C=O) groups is 1. The molecule has 7 nitrogen and oxygen atoms in total. The van der Waals surface area contributed by atoms with Gasteiger partial charge in [0, 0.05) is 12.6 Å². The summed E-state index contributed by atoms with van der Waals surface area (Å²) in [7, 11) is 0. The molecule has 2 aliphatic carbocycles. The lowest BCUT2D eigenvalue weighted by atomic mass is 9.97. The second kappa shape index (κ2) is 8.60. The molecule has 0 aliphatic heterocycles. The van der Waals surface area contributed by atoms with E-state index in [2.05, 4.69) is 26.7 Å². The van der Waals surface area contributed by atoms with E-state index in [1.807, 2.05) is 12.1 Å². The van der Waals surface area contributed by atoms with Gasteiger partial charge in [0.05, 0.1) is 17.3 Å². The van der Waals surface area contributed by atoms with Gasteiger partial charge in [-0.1, -0.05) is 18.2 Å². The Hall–Kier alpha value is -3.67. The highest BCUT2D eigenvalue weighted by Crippen LogP contribution is 2.60. The molecule has 2 aromatic carbocycles. The van der Waals surface area contributed by atoms with E-state index in [4.69, 9.17) is 0 Å². The zero-order chi connectivity index (χ0) is 23.9. The Morgan fingerprint density at radius 3 is 2.82 bits per heavy atom. The summed E-state index contributed by atoms with van der Waals surface area (Å²) in [6, 6.07) is 14.0. The molecule has 0 radical (unpaired) electrons. The van der Waals surface area contributed by atoms with E-state index in [9.17, 15) is 19.6 Å². The van der Waals surface area contributed by atoms with Crippen molar-refractivity contribution in [3.63, 3.8) is 0 Å². The summed E-state index contributed by atoms with van der Waals surface area (Å²) < 4.78 is 13.4. The fraction of sp³-hybridized carbons (Fsp3) is 0.308. The largest absolute Gasteiger partial charge is 0.373 e. The van der Waals surface area contributed by atoms with E-state index in [0.29, 0.717) is 16.8 Å². The summed E-state index contributed by atoms with van der Waals surface area (Å²) in [6.07, 6.45) is 3.17. The van der Waals surface area contributed by atoms with Crippen LogP contribution in [0.25, 0.3) is 0 Å². The van der Waals surface area contributed by atoms with Gasteiger partial charge in [0.25, 0.3) is 5.91 Å². The first-order valence-electron chi connectivity index (χ1n) is 11.2. The summed E-state index contributed by atoms with van der Waals surface area (Å²) in [6.45, 7) is 1.90. The Morgan fingerprint density at radius 1 is 1.26 bits per heavy atom. The highest BCUT2D eigenvalue weighted by molar-refractivity contribution is 5.92. The van der Waals surface area contributed by atoms with Gasteiger partial charge < -0.3 is 10.4 Å². The molecular weight excluding hydrogens is 433 g/mol. The maximum absolute atomic E-state index is 13.4. The van der Waals surface area contributed by atoms with E-state index < -0.39 is 12.1 Å². The minimum Gasteiger partial charge on any atom is -0.373 e. The predicted octanol–water partition coefficient (Wildman–Crippen LogP) is 3.48. The molecule has 0 bridgehead atoms. The third-order valence-electron chi connectivity index (χ3n) is 6.81. The van der Waals surface area contributed by atoms with Crippen LogP contribution in [0.1, 0.15) is 75.5 Å². The molecule has 2 aliphatic rings. The van der Waals surface area contributed by atoms with Crippen LogP contribution < -0.4 is 10.6 Å². The summed E-state index contributed by atoms with van der Waals surface area (Å²) in [5.41, 5.74) is 4.74. The minimum absolute atomic E-state index is 0.0748. The minimum atomic E-state index is -1.09. The second-order valence-corrected chi connectivity index (χ2v) is 9.11. The van der Waals surface area contributed by atoms with Gasteiger partial charge in [-0.05, 0) is 78.1 Å². The molecule has 1 spiro atoms. The number of aliphatic hydroxyl groups excluding tert-OH is 1. The molecule has 2 atom stereocenters. The molecule has 1 heterocycles.